The first kappa shape index (κ1) is 15.9. The Bertz CT molecular complexity index is 334. The van der Waals surface area contributed by atoms with Crippen molar-refractivity contribution in [3.8, 4) is 5.75 Å². The van der Waals surface area contributed by atoms with Crippen molar-refractivity contribution < 1.29 is 4.74 Å². The number of nitrogens with one attached hydrogen (secondary N) is 1. The highest BCUT2D eigenvalue weighted by Gasteiger charge is 2.10. The van der Waals surface area contributed by atoms with Crippen molar-refractivity contribution in [3.05, 3.63) is 24.3 Å². The van der Waals surface area contributed by atoms with Crippen LogP contribution in [0.25, 0.3) is 0 Å². The van der Waals surface area contributed by atoms with E-state index in [1.807, 2.05) is 12.1 Å². The first-order valence-corrected chi connectivity index (χ1v) is 7.68. The van der Waals surface area contributed by atoms with Crippen LogP contribution in [-0.4, -0.2) is 12.6 Å². The minimum absolute atomic E-state index is 0.567. The van der Waals surface area contributed by atoms with Gasteiger partial charge in [-0.1, -0.05) is 34.1 Å². The lowest BCUT2D eigenvalue weighted by Gasteiger charge is -2.21. The lowest BCUT2D eigenvalue weighted by Crippen LogP contribution is -2.21. The Morgan fingerprint density at radius 1 is 1.05 bits per heavy atom. The zero-order valence-electron chi connectivity index (χ0n) is 12.9. The summed E-state index contributed by atoms with van der Waals surface area (Å²) in [6.45, 7) is 9.75. The highest BCUT2D eigenvalue weighted by molar-refractivity contribution is 5.47. The number of anilines is 1. The summed E-state index contributed by atoms with van der Waals surface area (Å²) in [5.41, 5.74) is 1.19. The highest BCUT2D eigenvalue weighted by atomic mass is 16.5. The van der Waals surface area contributed by atoms with Crippen LogP contribution in [0.15, 0.2) is 24.3 Å². The molecule has 19 heavy (non-hydrogen) atoms. The van der Waals surface area contributed by atoms with E-state index in [0.717, 1.165) is 24.7 Å². The molecule has 0 aliphatic heterocycles. The molecule has 0 amide bonds. The van der Waals surface area contributed by atoms with E-state index in [9.17, 15) is 0 Å². The van der Waals surface area contributed by atoms with Gasteiger partial charge in [0.15, 0.2) is 0 Å². The van der Waals surface area contributed by atoms with Crippen LogP contribution in [0.1, 0.15) is 53.4 Å². The third-order valence-corrected chi connectivity index (χ3v) is 3.57. The third-order valence-electron chi connectivity index (χ3n) is 3.57. The molecular weight excluding hydrogens is 234 g/mol. The fourth-order valence-electron chi connectivity index (χ4n) is 2.08. The standard InChI is InChI=1S/C17H29NO/c1-5-12-19-17-10-8-16(9-11-17)18-15(7-3)13-14(4)6-2/h8-11,14-15,18H,5-7,12-13H2,1-4H3. The van der Waals surface area contributed by atoms with Gasteiger partial charge >= 0.3 is 0 Å². The topological polar surface area (TPSA) is 21.3 Å². The molecule has 2 atom stereocenters. The lowest BCUT2D eigenvalue weighted by molar-refractivity contribution is 0.317. The van der Waals surface area contributed by atoms with Gasteiger partial charge in [0.1, 0.15) is 5.75 Å². The average molecular weight is 263 g/mol. The summed E-state index contributed by atoms with van der Waals surface area (Å²) < 4.78 is 5.60. The van der Waals surface area contributed by atoms with Gasteiger partial charge in [-0.3, -0.25) is 0 Å². The van der Waals surface area contributed by atoms with Crippen LogP contribution in [0.4, 0.5) is 5.69 Å². The predicted octanol–water partition coefficient (Wildman–Crippen LogP) is 5.10. The van der Waals surface area contributed by atoms with Gasteiger partial charge in [-0.2, -0.15) is 0 Å². The van der Waals surface area contributed by atoms with Crippen LogP contribution in [-0.2, 0) is 0 Å². The van der Waals surface area contributed by atoms with Crippen molar-refractivity contribution in [2.75, 3.05) is 11.9 Å². The van der Waals surface area contributed by atoms with Gasteiger partial charge in [0, 0.05) is 11.7 Å². The van der Waals surface area contributed by atoms with Crippen LogP contribution in [0, 0.1) is 5.92 Å². The second kappa shape index (κ2) is 8.84. The van der Waals surface area contributed by atoms with Crippen molar-refractivity contribution >= 4 is 5.69 Å². The molecule has 108 valence electrons. The van der Waals surface area contributed by atoms with Gasteiger partial charge in [-0.25, -0.2) is 0 Å². The molecule has 1 aromatic rings. The highest BCUT2D eigenvalue weighted by Crippen LogP contribution is 2.20. The van der Waals surface area contributed by atoms with Crippen molar-refractivity contribution in [1.29, 1.82) is 0 Å². The molecule has 0 saturated heterocycles. The smallest absolute Gasteiger partial charge is 0.119 e. The maximum Gasteiger partial charge on any atom is 0.119 e. The molecule has 1 aromatic carbocycles. The molecule has 1 rings (SSSR count). The number of hydrogen-bond donors (Lipinski definition) is 1. The van der Waals surface area contributed by atoms with Crippen LogP contribution >= 0.6 is 0 Å². The fraction of sp³-hybridized carbons (Fsp3) is 0.647. The maximum absolute atomic E-state index is 5.60. The van der Waals surface area contributed by atoms with E-state index in [-0.39, 0.29) is 0 Å². The second-order valence-electron chi connectivity index (χ2n) is 5.37. The summed E-state index contributed by atoms with van der Waals surface area (Å²) in [5.74, 6) is 1.74. The van der Waals surface area contributed by atoms with E-state index in [2.05, 4.69) is 45.1 Å². The quantitative estimate of drug-likeness (QED) is 0.669. The first-order valence-electron chi connectivity index (χ1n) is 7.68. The zero-order chi connectivity index (χ0) is 14.1. The number of rotatable bonds is 9. The lowest BCUT2D eigenvalue weighted by atomic mass is 9.97. The molecule has 0 radical (unpaired) electrons. The molecule has 2 nitrogen and oxygen atoms in total. The van der Waals surface area contributed by atoms with Crippen molar-refractivity contribution in [1.82, 2.24) is 0 Å². The van der Waals surface area contributed by atoms with E-state index >= 15 is 0 Å². The minimum Gasteiger partial charge on any atom is -0.494 e. The van der Waals surface area contributed by atoms with E-state index in [0.29, 0.717) is 6.04 Å². The van der Waals surface area contributed by atoms with Crippen LogP contribution in [0.2, 0.25) is 0 Å². The van der Waals surface area contributed by atoms with E-state index in [4.69, 9.17) is 4.74 Å². The molecule has 2 heteroatoms. The van der Waals surface area contributed by atoms with Gasteiger partial charge in [0.05, 0.1) is 6.61 Å². The van der Waals surface area contributed by atoms with Crippen molar-refractivity contribution in [2.24, 2.45) is 5.92 Å². The third kappa shape index (κ3) is 6.00. The summed E-state index contributed by atoms with van der Waals surface area (Å²) >= 11 is 0. The average Bonchev–Trinajstić information content (AvgIpc) is 2.45. The Balaban J connectivity index is 2.50. The summed E-state index contributed by atoms with van der Waals surface area (Å²) in [5, 5.41) is 3.62. The second-order valence-corrected chi connectivity index (χ2v) is 5.37. The molecule has 1 N–H and O–H groups in total. The Morgan fingerprint density at radius 3 is 2.26 bits per heavy atom. The number of hydrogen-bond acceptors (Lipinski definition) is 2. The summed E-state index contributed by atoms with van der Waals surface area (Å²) in [7, 11) is 0. The SMILES string of the molecule is CCCOc1ccc(NC(CC)CC(C)CC)cc1. The first-order chi connectivity index (χ1) is 9.19. The van der Waals surface area contributed by atoms with Gasteiger partial charge < -0.3 is 10.1 Å². The van der Waals surface area contributed by atoms with Gasteiger partial charge in [-0.05, 0) is 49.4 Å². The number of benzene rings is 1. The predicted molar refractivity (Wildman–Crippen MR) is 84.0 cm³/mol. The van der Waals surface area contributed by atoms with Crippen LogP contribution < -0.4 is 10.1 Å². The molecular formula is C17H29NO. The van der Waals surface area contributed by atoms with Crippen molar-refractivity contribution in [3.63, 3.8) is 0 Å². The Kier molecular flexibility index (Phi) is 7.39. The minimum atomic E-state index is 0.567. The van der Waals surface area contributed by atoms with E-state index in [1.165, 1.54) is 24.9 Å². The monoisotopic (exact) mass is 263 g/mol. The van der Waals surface area contributed by atoms with Crippen LogP contribution in [0.3, 0.4) is 0 Å². The Morgan fingerprint density at radius 2 is 1.74 bits per heavy atom. The Labute approximate surface area is 118 Å². The van der Waals surface area contributed by atoms with Gasteiger partial charge in [-0.15, -0.1) is 0 Å². The molecule has 0 aliphatic rings. The fourth-order valence-corrected chi connectivity index (χ4v) is 2.08. The molecule has 0 heterocycles. The van der Waals surface area contributed by atoms with E-state index < -0.39 is 0 Å². The largest absolute Gasteiger partial charge is 0.494 e. The summed E-state index contributed by atoms with van der Waals surface area (Å²) in [6, 6.07) is 8.90. The van der Waals surface area contributed by atoms with Gasteiger partial charge in [0.25, 0.3) is 0 Å². The van der Waals surface area contributed by atoms with E-state index in [1.54, 1.807) is 0 Å². The molecule has 0 aromatic heterocycles. The normalized spacial score (nSPS) is 13.9. The van der Waals surface area contributed by atoms with Crippen molar-refractivity contribution in [2.45, 2.75) is 59.4 Å². The maximum atomic E-state index is 5.60. The summed E-state index contributed by atoms with van der Waals surface area (Å²) in [4.78, 5) is 0. The molecule has 0 bridgehead atoms. The van der Waals surface area contributed by atoms with Crippen LogP contribution in [0.5, 0.6) is 5.75 Å². The molecule has 0 saturated carbocycles. The van der Waals surface area contributed by atoms with Gasteiger partial charge in [0.2, 0.25) is 0 Å². The zero-order valence-corrected chi connectivity index (χ0v) is 12.9. The molecule has 0 aliphatic carbocycles. The summed E-state index contributed by atoms with van der Waals surface area (Å²) in [6.07, 6.45) is 4.70. The molecule has 0 fully saturated rings. The number of ether oxygens (including phenoxy) is 1. The molecule has 0 spiro atoms. The Hall–Kier alpha value is -1.18. The molecule has 2 unspecified atom stereocenters.